The van der Waals surface area contributed by atoms with Crippen LogP contribution in [0, 0.1) is 5.82 Å². The molecule has 0 N–H and O–H groups in total. The molecule has 0 aromatic heterocycles. The lowest BCUT2D eigenvalue weighted by Gasteiger charge is -2.48. The summed E-state index contributed by atoms with van der Waals surface area (Å²) in [4.78, 5) is 28.0. The van der Waals surface area contributed by atoms with Crippen molar-refractivity contribution >= 4 is 17.7 Å². The van der Waals surface area contributed by atoms with Crippen LogP contribution in [0.15, 0.2) is 24.3 Å². The van der Waals surface area contributed by atoms with Crippen LogP contribution in [0.5, 0.6) is 0 Å². The van der Waals surface area contributed by atoms with Gasteiger partial charge in [0.1, 0.15) is 17.5 Å². The number of carbonyl (C=O) groups is 2. The number of ether oxygens (including phenoxy) is 2. The molecular weight excluding hydrogens is 351 g/mol. The Morgan fingerprint density at radius 3 is 2.48 bits per heavy atom. The van der Waals surface area contributed by atoms with Gasteiger partial charge in [0.15, 0.2) is 0 Å². The van der Waals surface area contributed by atoms with E-state index in [0.717, 1.165) is 0 Å². The highest BCUT2D eigenvalue weighted by molar-refractivity contribution is 5.97. The number of morpholine rings is 1. The van der Waals surface area contributed by atoms with Gasteiger partial charge in [-0.15, -0.1) is 0 Å². The van der Waals surface area contributed by atoms with Gasteiger partial charge in [-0.2, -0.15) is 0 Å². The van der Waals surface area contributed by atoms with Crippen LogP contribution in [0.2, 0.25) is 0 Å². The summed E-state index contributed by atoms with van der Waals surface area (Å²) in [6.07, 6.45) is 0.124. The monoisotopic (exact) mass is 378 g/mol. The second-order valence-corrected chi connectivity index (χ2v) is 8.29. The number of halogens is 1. The Morgan fingerprint density at radius 2 is 1.89 bits per heavy atom. The van der Waals surface area contributed by atoms with Crippen LogP contribution in [0.3, 0.4) is 0 Å². The molecule has 2 fully saturated rings. The molecule has 2 aliphatic rings. The summed E-state index contributed by atoms with van der Waals surface area (Å²) in [6, 6.07) is 6.27. The maximum atomic E-state index is 14.3. The molecule has 1 spiro atoms. The number of rotatable bonds is 1. The largest absolute Gasteiger partial charge is 0.444 e. The average Bonchev–Trinajstić information content (AvgIpc) is 2.58. The van der Waals surface area contributed by atoms with Gasteiger partial charge >= 0.3 is 6.09 Å². The van der Waals surface area contributed by atoms with Gasteiger partial charge in [-0.05, 0) is 52.7 Å². The molecule has 2 aliphatic heterocycles. The number of hydrogen-bond donors (Lipinski definition) is 0. The molecule has 2 amide bonds. The summed E-state index contributed by atoms with van der Waals surface area (Å²) in [7, 11) is 0. The molecular formula is C20H27FN2O4. The Bertz CT molecular complexity index is 723. The number of amides is 2. The topological polar surface area (TPSA) is 59.1 Å². The van der Waals surface area contributed by atoms with E-state index in [0.29, 0.717) is 25.9 Å². The number of nitrogens with zero attached hydrogens (tertiary/aromatic N) is 2. The van der Waals surface area contributed by atoms with Gasteiger partial charge in [0, 0.05) is 13.1 Å². The van der Waals surface area contributed by atoms with E-state index < -0.39 is 23.1 Å². The van der Waals surface area contributed by atoms with Crippen molar-refractivity contribution in [3.63, 3.8) is 0 Å². The minimum atomic E-state index is -0.661. The fraction of sp³-hybridized carbons (Fsp3) is 0.600. The molecule has 1 unspecified atom stereocenters. The minimum absolute atomic E-state index is 0.250. The third kappa shape index (κ3) is 4.24. The quantitative estimate of drug-likeness (QED) is 0.752. The van der Waals surface area contributed by atoms with Crippen molar-refractivity contribution in [1.82, 2.24) is 4.90 Å². The molecule has 0 bridgehead atoms. The zero-order chi connectivity index (χ0) is 19.8. The van der Waals surface area contributed by atoms with E-state index in [1.54, 1.807) is 30.0 Å². The molecule has 3 rings (SSSR count). The van der Waals surface area contributed by atoms with Crippen LogP contribution < -0.4 is 4.90 Å². The first kappa shape index (κ1) is 19.6. The Labute approximate surface area is 159 Å². The average molecular weight is 378 g/mol. The zero-order valence-electron chi connectivity index (χ0n) is 16.3. The van der Waals surface area contributed by atoms with Crippen LogP contribution in [-0.2, 0) is 14.3 Å². The molecule has 1 aromatic rings. The van der Waals surface area contributed by atoms with Gasteiger partial charge in [-0.3, -0.25) is 4.79 Å². The van der Waals surface area contributed by atoms with Crippen molar-refractivity contribution in [2.24, 2.45) is 0 Å². The highest BCUT2D eigenvalue weighted by Crippen LogP contribution is 2.36. The summed E-state index contributed by atoms with van der Waals surface area (Å²) in [5.41, 5.74) is -0.865. The third-order valence-corrected chi connectivity index (χ3v) is 4.96. The van der Waals surface area contributed by atoms with E-state index >= 15 is 0 Å². The highest BCUT2D eigenvalue weighted by atomic mass is 19.1. The summed E-state index contributed by atoms with van der Waals surface area (Å²) < 4.78 is 25.7. The number of anilines is 1. The Hall–Kier alpha value is -2.15. The Morgan fingerprint density at radius 1 is 1.26 bits per heavy atom. The fourth-order valence-corrected chi connectivity index (χ4v) is 3.62. The van der Waals surface area contributed by atoms with Crippen molar-refractivity contribution in [3.05, 3.63) is 30.1 Å². The van der Waals surface area contributed by atoms with Crippen LogP contribution in [0.25, 0.3) is 0 Å². The number of para-hydroxylation sites is 1. The molecule has 27 heavy (non-hydrogen) atoms. The molecule has 2 heterocycles. The van der Waals surface area contributed by atoms with Crippen LogP contribution in [0.1, 0.15) is 40.5 Å². The maximum absolute atomic E-state index is 14.3. The molecule has 6 nitrogen and oxygen atoms in total. The lowest BCUT2D eigenvalue weighted by Crippen LogP contribution is -2.62. The summed E-state index contributed by atoms with van der Waals surface area (Å²) in [5.74, 6) is -0.679. The highest BCUT2D eigenvalue weighted by Gasteiger charge is 2.47. The number of benzene rings is 1. The summed E-state index contributed by atoms with van der Waals surface area (Å²) in [5, 5.41) is 0. The van der Waals surface area contributed by atoms with Gasteiger partial charge < -0.3 is 19.3 Å². The van der Waals surface area contributed by atoms with E-state index in [1.165, 1.54) is 11.0 Å². The standard InChI is InChI=1S/C20H27FN2O4/c1-14-17(24)23(16-8-6-5-7-15(16)21)13-20(26-14)9-11-22(12-10-20)18(25)27-19(2,3)4/h5-8,14H,9-13H2,1-4H3. The third-order valence-electron chi connectivity index (χ3n) is 4.96. The van der Waals surface area contributed by atoms with Gasteiger partial charge in [-0.1, -0.05) is 12.1 Å². The molecule has 1 aromatic carbocycles. The van der Waals surface area contributed by atoms with Crippen molar-refractivity contribution in [1.29, 1.82) is 0 Å². The van der Waals surface area contributed by atoms with Gasteiger partial charge in [-0.25, -0.2) is 9.18 Å². The normalized spacial score (nSPS) is 22.9. The molecule has 0 aliphatic carbocycles. The number of piperidine rings is 1. The second kappa shape index (κ2) is 7.11. The number of likely N-dealkylation sites (tertiary alicyclic amines) is 1. The predicted molar refractivity (Wildman–Crippen MR) is 99.1 cm³/mol. The predicted octanol–water partition coefficient (Wildman–Crippen LogP) is 3.35. The van der Waals surface area contributed by atoms with Crippen molar-refractivity contribution in [2.75, 3.05) is 24.5 Å². The smallest absolute Gasteiger partial charge is 0.410 e. The zero-order valence-corrected chi connectivity index (χ0v) is 16.3. The van der Waals surface area contributed by atoms with E-state index in [-0.39, 0.29) is 24.2 Å². The number of hydrogen-bond acceptors (Lipinski definition) is 4. The Balaban J connectivity index is 1.73. The van der Waals surface area contributed by atoms with E-state index in [4.69, 9.17) is 9.47 Å². The molecule has 148 valence electrons. The first-order valence-corrected chi connectivity index (χ1v) is 9.32. The van der Waals surface area contributed by atoms with Crippen LogP contribution in [-0.4, -0.2) is 53.8 Å². The van der Waals surface area contributed by atoms with Crippen LogP contribution >= 0.6 is 0 Å². The molecule has 2 saturated heterocycles. The molecule has 1 atom stereocenters. The first-order chi connectivity index (χ1) is 12.6. The second-order valence-electron chi connectivity index (χ2n) is 8.29. The van der Waals surface area contributed by atoms with Crippen LogP contribution in [0.4, 0.5) is 14.9 Å². The fourth-order valence-electron chi connectivity index (χ4n) is 3.62. The minimum Gasteiger partial charge on any atom is -0.444 e. The van der Waals surface area contributed by atoms with Crippen molar-refractivity contribution < 1.29 is 23.5 Å². The maximum Gasteiger partial charge on any atom is 0.410 e. The summed E-state index contributed by atoms with van der Waals surface area (Å²) >= 11 is 0. The van der Waals surface area contributed by atoms with E-state index in [2.05, 4.69) is 0 Å². The van der Waals surface area contributed by atoms with Gasteiger partial charge in [0.05, 0.1) is 17.8 Å². The van der Waals surface area contributed by atoms with Crippen molar-refractivity contribution in [3.8, 4) is 0 Å². The lowest BCUT2D eigenvalue weighted by atomic mass is 9.88. The first-order valence-electron chi connectivity index (χ1n) is 9.32. The number of carbonyl (C=O) groups excluding carboxylic acids is 2. The molecule has 7 heteroatoms. The Kier molecular flexibility index (Phi) is 5.16. The summed E-state index contributed by atoms with van der Waals surface area (Å²) in [6.45, 7) is 8.42. The SMILES string of the molecule is CC1OC2(CCN(C(=O)OC(C)(C)C)CC2)CN(c2ccccc2F)C1=O. The van der Waals surface area contributed by atoms with E-state index in [9.17, 15) is 14.0 Å². The lowest BCUT2D eigenvalue weighted by molar-refractivity contribution is -0.161. The van der Waals surface area contributed by atoms with E-state index in [1.807, 2.05) is 20.8 Å². The van der Waals surface area contributed by atoms with Crippen molar-refractivity contribution in [2.45, 2.75) is 57.8 Å². The molecule has 0 saturated carbocycles. The van der Waals surface area contributed by atoms with Gasteiger partial charge in [0.25, 0.3) is 5.91 Å². The molecule has 0 radical (unpaired) electrons. The van der Waals surface area contributed by atoms with Gasteiger partial charge in [0.2, 0.25) is 0 Å².